The van der Waals surface area contributed by atoms with Gasteiger partial charge in [-0.1, -0.05) is 95.6 Å². The van der Waals surface area contributed by atoms with Crippen molar-refractivity contribution in [3.05, 3.63) is 118 Å². The average molecular weight is 458 g/mol. The number of hydrogen-bond acceptors (Lipinski definition) is 4. The minimum Gasteiger partial charge on any atom is -0.338 e. The lowest BCUT2D eigenvalue weighted by molar-refractivity contribution is 0.145. The second-order valence-corrected chi connectivity index (χ2v) is 9.23. The molecule has 1 aromatic heterocycles. The molecule has 4 nitrogen and oxygen atoms in total. The smallest absolute Gasteiger partial charge is 0.240 e. The molecule has 2 heterocycles. The van der Waals surface area contributed by atoms with E-state index >= 15 is 0 Å². The minimum absolute atomic E-state index is 0.0340. The van der Waals surface area contributed by atoms with Gasteiger partial charge in [-0.15, -0.1) is 0 Å². The molecule has 0 unspecified atom stereocenters. The fraction of sp³-hybridized carbons (Fsp3) is 0.286. The lowest BCUT2D eigenvalue weighted by Crippen LogP contribution is -2.46. The summed E-state index contributed by atoms with van der Waals surface area (Å²) in [6.07, 6.45) is 3.76. The first-order valence-corrected chi connectivity index (χ1v) is 12.0. The summed E-state index contributed by atoms with van der Waals surface area (Å²) in [6, 6.07) is 29.7. The van der Waals surface area contributed by atoms with Crippen molar-refractivity contribution >= 4 is 11.6 Å². The Morgan fingerprint density at radius 2 is 1.52 bits per heavy atom. The molecule has 1 aliphatic heterocycles. The lowest BCUT2D eigenvalue weighted by Gasteiger charge is -2.43. The molecule has 4 aromatic rings. The van der Waals surface area contributed by atoms with Crippen LogP contribution in [0.5, 0.6) is 0 Å². The molecule has 3 aromatic carbocycles. The lowest BCUT2D eigenvalue weighted by atomic mass is 9.69. The van der Waals surface area contributed by atoms with E-state index in [2.05, 4.69) is 75.7 Å². The summed E-state index contributed by atoms with van der Waals surface area (Å²) in [4.78, 5) is 7.13. The van der Waals surface area contributed by atoms with Gasteiger partial charge in [0, 0.05) is 23.4 Å². The zero-order valence-electron chi connectivity index (χ0n) is 18.7. The average Bonchev–Trinajstić information content (AvgIpc) is 3.32. The zero-order chi connectivity index (χ0) is 22.5. The molecule has 0 bridgehead atoms. The third-order valence-electron chi connectivity index (χ3n) is 6.67. The first-order valence-electron chi connectivity index (χ1n) is 11.6. The third-order valence-corrected chi connectivity index (χ3v) is 7.04. The first-order chi connectivity index (χ1) is 16.2. The second-order valence-electron chi connectivity index (χ2n) is 8.82. The number of likely N-dealkylation sites (tertiary alicyclic amines) is 1. The van der Waals surface area contributed by atoms with E-state index in [9.17, 15) is 0 Å². The predicted molar refractivity (Wildman–Crippen MR) is 131 cm³/mol. The Hall–Kier alpha value is -2.95. The molecule has 1 fully saturated rings. The summed E-state index contributed by atoms with van der Waals surface area (Å²) in [7, 11) is 0. The molecule has 0 spiro atoms. The van der Waals surface area contributed by atoms with Crippen LogP contribution < -0.4 is 0 Å². The van der Waals surface area contributed by atoms with Crippen LogP contribution in [0.25, 0.3) is 0 Å². The molecule has 1 aliphatic rings. The van der Waals surface area contributed by atoms with Crippen molar-refractivity contribution in [3.63, 3.8) is 0 Å². The maximum atomic E-state index is 6.28. The summed E-state index contributed by atoms with van der Waals surface area (Å²) in [6.45, 7) is 2.62. The normalized spacial score (nSPS) is 16.0. The molecule has 33 heavy (non-hydrogen) atoms. The van der Waals surface area contributed by atoms with Crippen LogP contribution in [0.1, 0.15) is 41.2 Å². The SMILES string of the molecule is Clc1ccccc1CCc1noc(CN2CCCC(c3ccccc3)(c3ccccc3)C2)n1. The van der Waals surface area contributed by atoms with Gasteiger partial charge in [-0.3, -0.25) is 4.90 Å². The second kappa shape index (κ2) is 9.90. The minimum atomic E-state index is -0.0340. The largest absolute Gasteiger partial charge is 0.338 e. The summed E-state index contributed by atoms with van der Waals surface area (Å²) >= 11 is 6.28. The van der Waals surface area contributed by atoms with E-state index in [1.54, 1.807) is 0 Å². The molecule has 5 rings (SSSR count). The molecule has 0 aliphatic carbocycles. The molecule has 0 saturated carbocycles. The number of aryl methyl sites for hydroxylation is 2. The van der Waals surface area contributed by atoms with E-state index in [0.717, 1.165) is 48.8 Å². The van der Waals surface area contributed by atoms with E-state index in [1.807, 2.05) is 24.3 Å². The van der Waals surface area contributed by atoms with Gasteiger partial charge in [-0.2, -0.15) is 4.98 Å². The van der Waals surface area contributed by atoms with Crippen molar-refractivity contribution in [2.24, 2.45) is 0 Å². The summed E-state index contributed by atoms with van der Waals surface area (Å²) in [5.74, 6) is 1.42. The zero-order valence-corrected chi connectivity index (χ0v) is 19.4. The molecule has 0 atom stereocenters. The molecule has 168 valence electrons. The number of halogens is 1. The number of aromatic nitrogens is 2. The van der Waals surface area contributed by atoms with Gasteiger partial charge in [0.05, 0.1) is 6.54 Å². The van der Waals surface area contributed by atoms with Gasteiger partial charge in [0.2, 0.25) is 5.89 Å². The van der Waals surface area contributed by atoms with Gasteiger partial charge < -0.3 is 4.52 Å². The standard InChI is InChI=1S/C28H28ClN3O/c29-25-15-8-7-10-22(25)16-17-26-30-27(33-31-26)20-32-19-9-18-28(21-32,23-11-3-1-4-12-23)24-13-5-2-6-14-24/h1-8,10-15H,9,16-21H2. The predicted octanol–water partition coefficient (Wildman–Crippen LogP) is 6.09. The first kappa shape index (κ1) is 21.9. The molecule has 0 N–H and O–H groups in total. The van der Waals surface area contributed by atoms with Crippen molar-refractivity contribution in [3.8, 4) is 0 Å². The maximum absolute atomic E-state index is 6.28. The Bertz CT molecular complexity index is 1140. The summed E-state index contributed by atoms with van der Waals surface area (Å²) < 4.78 is 5.63. The number of nitrogens with zero attached hydrogens (tertiary/aromatic N) is 3. The highest BCUT2D eigenvalue weighted by Gasteiger charge is 2.38. The number of benzene rings is 3. The van der Waals surface area contributed by atoms with Crippen molar-refractivity contribution in [1.82, 2.24) is 15.0 Å². The van der Waals surface area contributed by atoms with Gasteiger partial charge in [-0.25, -0.2) is 0 Å². The number of piperidine rings is 1. The Kier molecular flexibility index (Phi) is 6.56. The van der Waals surface area contributed by atoms with Crippen molar-refractivity contribution in [2.45, 2.75) is 37.6 Å². The van der Waals surface area contributed by atoms with Gasteiger partial charge in [0.1, 0.15) is 0 Å². The maximum Gasteiger partial charge on any atom is 0.240 e. The molecular formula is C28H28ClN3O. The van der Waals surface area contributed by atoms with Crippen molar-refractivity contribution < 1.29 is 4.52 Å². The molecule has 1 saturated heterocycles. The van der Waals surface area contributed by atoms with Crippen LogP contribution in [-0.4, -0.2) is 28.1 Å². The monoisotopic (exact) mass is 457 g/mol. The quantitative estimate of drug-likeness (QED) is 0.336. The summed E-state index contributed by atoms with van der Waals surface area (Å²) in [5.41, 5.74) is 3.81. The fourth-order valence-electron chi connectivity index (χ4n) is 5.03. The van der Waals surface area contributed by atoms with Crippen LogP contribution in [0.4, 0.5) is 0 Å². The Morgan fingerprint density at radius 3 is 2.21 bits per heavy atom. The third kappa shape index (κ3) is 4.87. The van der Waals surface area contributed by atoms with E-state index in [-0.39, 0.29) is 5.41 Å². The van der Waals surface area contributed by atoms with Crippen LogP contribution in [0.3, 0.4) is 0 Å². The van der Waals surface area contributed by atoms with Gasteiger partial charge in [-0.05, 0) is 48.6 Å². The van der Waals surface area contributed by atoms with Gasteiger partial charge in [0.15, 0.2) is 5.82 Å². The van der Waals surface area contributed by atoms with E-state index in [1.165, 1.54) is 11.1 Å². The van der Waals surface area contributed by atoms with E-state index in [0.29, 0.717) is 18.9 Å². The van der Waals surface area contributed by atoms with Gasteiger partial charge >= 0.3 is 0 Å². The summed E-state index contributed by atoms with van der Waals surface area (Å²) in [5, 5.41) is 5.01. The van der Waals surface area contributed by atoms with Crippen molar-refractivity contribution in [2.75, 3.05) is 13.1 Å². The van der Waals surface area contributed by atoms with E-state index in [4.69, 9.17) is 16.1 Å². The highest BCUT2D eigenvalue weighted by molar-refractivity contribution is 6.31. The molecule has 0 radical (unpaired) electrons. The Morgan fingerprint density at radius 1 is 0.848 bits per heavy atom. The highest BCUT2D eigenvalue weighted by Crippen LogP contribution is 2.40. The molecular weight excluding hydrogens is 430 g/mol. The highest BCUT2D eigenvalue weighted by atomic mass is 35.5. The topological polar surface area (TPSA) is 42.2 Å². The van der Waals surface area contributed by atoms with Crippen LogP contribution in [-0.2, 0) is 24.8 Å². The molecule has 0 amide bonds. The van der Waals surface area contributed by atoms with Crippen LogP contribution in [0, 0.1) is 0 Å². The number of rotatable bonds is 7. The van der Waals surface area contributed by atoms with E-state index < -0.39 is 0 Å². The van der Waals surface area contributed by atoms with Crippen molar-refractivity contribution in [1.29, 1.82) is 0 Å². The molecule has 5 heteroatoms. The fourth-order valence-corrected chi connectivity index (χ4v) is 5.26. The van der Waals surface area contributed by atoms with Crippen LogP contribution in [0.15, 0.2) is 89.5 Å². The van der Waals surface area contributed by atoms with Crippen LogP contribution in [0.2, 0.25) is 5.02 Å². The Labute approximate surface area is 200 Å². The number of hydrogen-bond donors (Lipinski definition) is 0. The Balaban J connectivity index is 1.31. The van der Waals surface area contributed by atoms with Crippen LogP contribution >= 0.6 is 11.6 Å². The van der Waals surface area contributed by atoms with Gasteiger partial charge in [0.25, 0.3) is 0 Å².